The van der Waals surface area contributed by atoms with E-state index in [4.69, 9.17) is 0 Å². The molecule has 0 saturated heterocycles. The molecule has 0 spiro atoms. The Kier molecular flexibility index (Phi) is 6.69. The first-order chi connectivity index (χ1) is 14.3. The molecule has 0 heterocycles. The van der Waals surface area contributed by atoms with E-state index in [0.717, 1.165) is 23.3 Å². The summed E-state index contributed by atoms with van der Waals surface area (Å²) in [6.07, 6.45) is -1.63. The lowest BCUT2D eigenvalue weighted by Gasteiger charge is -2.14. The molecular weight excluding hydrogens is 391 g/mol. The fourth-order valence-corrected chi connectivity index (χ4v) is 2.81. The van der Waals surface area contributed by atoms with Crippen LogP contribution in [0.25, 0.3) is 12.2 Å². The van der Waals surface area contributed by atoms with E-state index >= 15 is 0 Å². The van der Waals surface area contributed by atoms with Crippen molar-refractivity contribution in [2.45, 2.75) is 12.3 Å². The predicted octanol–water partition coefficient (Wildman–Crippen LogP) is 5.34. The Morgan fingerprint density at radius 1 is 0.867 bits per heavy atom. The van der Waals surface area contributed by atoms with Gasteiger partial charge in [0.25, 0.3) is 5.91 Å². The Morgan fingerprint density at radius 2 is 1.43 bits per heavy atom. The lowest BCUT2D eigenvalue weighted by Crippen LogP contribution is -2.28. The molecule has 1 atom stereocenters. The first kappa shape index (κ1) is 21.3. The molecule has 1 amide bonds. The van der Waals surface area contributed by atoms with Crippen LogP contribution in [-0.4, -0.2) is 17.6 Å². The Morgan fingerprint density at radius 3 is 2.00 bits per heavy atom. The number of amides is 1. The summed E-state index contributed by atoms with van der Waals surface area (Å²) >= 11 is 0. The molecule has 0 aromatic heterocycles. The van der Waals surface area contributed by atoms with Gasteiger partial charge in [-0.25, -0.2) is 0 Å². The van der Waals surface area contributed by atoms with Crippen LogP contribution in [0, 0.1) is 0 Å². The van der Waals surface area contributed by atoms with Crippen molar-refractivity contribution in [2.75, 3.05) is 6.54 Å². The van der Waals surface area contributed by atoms with Crippen molar-refractivity contribution in [3.05, 3.63) is 107 Å². The molecule has 154 valence electrons. The van der Waals surface area contributed by atoms with E-state index in [1.165, 1.54) is 12.1 Å². The molecule has 2 N–H and O–H groups in total. The van der Waals surface area contributed by atoms with Crippen LogP contribution in [-0.2, 0) is 6.18 Å². The van der Waals surface area contributed by atoms with E-state index in [9.17, 15) is 23.1 Å². The average Bonchev–Trinajstić information content (AvgIpc) is 2.76. The summed E-state index contributed by atoms with van der Waals surface area (Å²) in [5, 5.41) is 12.7. The summed E-state index contributed by atoms with van der Waals surface area (Å²) in [7, 11) is 0. The van der Waals surface area contributed by atoms with E-state index in [-0.39, 0.29) is 12.5 Å². The maximum Gasteiger partial charge on any atom is 0.416 e. The number of rotatable bonds is 6. The van der Waals surface area contributed by atoms with Crippen LogP contribution in [0.2, 0.25) is 0 Å². The minimum Gasteiger partial charge on any atom is -0.387 e. The van der Waals surface area contributed by atoms with Crippen LogP contribution in [0.15, 0.2) is 78.9 Å². The lowest BCUT2D eigenvalue weighted by molar-refractivity contribution is -0.137. The van der Waals surface area contributed by atoms with Gasteiger partial charge in [-0.3, -0.25) is 4.79 Å². The molecule has 6 heteroatoms. The van der Waals surface area contributed by atoms with Crippen molar-refractivity contribution in [3.8, 4) is 0 Å². The first-order valence-corrected chi connectivity index (χ1v) is 9.29. The number of hydrogen-bond acceptors (Lipinski definition) is 2. The second-order valence-corrected chi connectivity index (χ2v) is 6.71. The number of aliphatic hydroxyl groups is 1. The number of hydrogen-bond donors (Lipinski definition) is 2. The van der Waals surface area contributed by atoms with Gasteiger partial charge in [0.15, 0.2) is 0 Å². The quantitative estimate of drug-likeness (QED) is 0.538. The Labute approximate surface area is 172 Å². The van der Waals surface area contributed by atoms with E-state index < -0.39 is 17.8 Å². The summed E-state index contributed by atoms with van der Waals surface area (Å²) in [5.41, 5.74) is 1.93. The average molecular weight is 411 g/mol. The topological polar surface area (TPSA) is 49.3 Å². The number of benzene rings is 3. The molecule has 0 aliphatic carbocycles. The molecule has 3 rings (SSSR count). The van der Waals surface area contributed by atoms with Gasteiger partial charge in [0.05, 0.1) is 11.7 Å². The van der Waals surface area contributed by atoms with Crippen LogP contribution >= 0.6 is 0 Å². The van der Waals surface area contributed by atoms with Gasteiger partial charge in [-0.15, -0.1) is 0 Å². The molecule has 3 nitrogen and oxygen atoms in total. The van der Waals surface area contributed by atoms with Crippen LogP contribution in [0.5, 0.6) is 0 Å². The summed E-state index contributed by atoms with van der Waals surface area (Å²) in [5.74, 6) is -0.375. The largest absolute Gasteiger partial charge is 0.416 e. The smallest absolute Gasteiger partial charge is 0.387 e. The number of nitrogens with one attached hydrogen (secondary N) is 1. The number of carbonyl (C=O) groups is 1. The van der Waals surface area contributed by atoms with Crippen molar-refractivity contribution in [2.24, 2.45) is 0 Å². The van der Waals surface area contributed by atoms with Gasteiger partial charge < -0.3 is 10.4 Å². The molecule has 0 bridgehead atoms. The second-order valence-electron chi connectivity index (χ2n) is 6.71. The fraction of sp³-hybridized carbons (Fsp3) is 0.125. The molecule has 1 unspecified atom stereocenters. The molecule has 0 radical (unpaired) electrons. The highest BCUT2D eigenvalue weighted by atomic mass is 19.4. The molecular formula is C24H20F3NO2. The third-order valence-electron chi connectivity index (χ3n) is 4.52. The van der Waals surface area contributed by atoms with Gasteiger partial charge in [0, 0.05) is 12.1 Å². The Balaban J connectivity index is 1.55. The standard InChI is InChI=1S/C24H20F3NO2/c25-24(26,27)21-14-12-19(13-15-21)22(29)16-28-23(30)20-10-8-18(9-11-20)7-6-17-4-2-1-3-5-17/h1-15,22,29H,16H2,(H,28,30)/b7-6+. The molecule has 3 aromatic rings. The highest BCUT2D eigenvalue weighted by molar-refractivity contribution is 5.94. The zero-order valence-electron chi connectivity index (χ0n) is 15.9. The third kappa shape index (κ3) is 5.81. The van der Waals surface area contributed by atoms with Crippen LogP contribution < -0.4 is 5.32 Å². The molecule has 0 fully saturated rings. The normalized spacial score (nSPS) is 12.7. The van der Waals surface area contributed by atoms with E-state index in [0.29, 0.717) is 11.1 Å². The Hall–Kier alpha value is -3.38. The van der Waals surface area contributed by atoms with Gasteiger partial charge in [-0.2, -0.15) is 13.2 Å². The summed E-state index contributed by atoms with van der Waals surface area (Å²) in [6.45, 7) is -0.111. The maximum absolute atomic E-state index is 12.6. The van der Waals surface area contributed by atoms with Gasteiger partial charge in [-0.05, 0) is 41.0 Å². The van der Waals surface area contributed by atoms with Gasteiger partial charge in [0.1, 0.15) is 0 Å². The van der Waals surface area contributed by atoms with Gasteiger partial charge >= 0.3 is 6.18 Å². The molecule has 0 aliphatic heterocycles. The minimum absolute atomic E-state index is 0.111. The molecule has 3 aromatic carbocycles. The van der Waals surface area contributed by atoms with Crippen LogP contribution in [0.1, 0.15) is 38.7 Å². The highest BCUT2D eigenvalue weighted by Crippen LogP contribution is 2.29. The first-order valence-electron chi connectivity index (χ1n) is 9.29. The third-order valence-corrected chi connectivity index (χ3v) is 4.52. The number of carbonyl (C=O) groups excluding carboxylic acids is 1. The summed E-state index contributed by atoms with van der Waals surface area (Å²) in [4.78, 5) is 12.3. The zero-order valence-corrected chi connectivity index (χ0v) is 15.9. The van der Waals surface area contributed by atoms with E-state index in [2.05, 4.69) is 5.32 Å². The number of alkyl halides is 3. The lowest BCUT2D eigenvalue weighted by atomic mass is 10.1. The van der Waals surface area contributed by atoms with Crippen molar-refractivity contribution >= 4 is 18.1 Å². The predicted molar refractivity (Wildman–Crippen MR) is 111 cm³/mol. The summed E-state index contributed by atoms with van der Waals surface area (Å²) in [6, 6.07) is 21.0. The summed E-state index contributed by atoms with van der Waals surface area (Å²) < 4.78 is 37.8. The van der Waals surface area contributed by atoms with Crippen molar-refractivity contribution in [1.29, 1.82) is 0 Å². The fourth-order valence-electron chi connectivity index (χ4n) is 2.81. The van der Waals surface area contributed by atoms with Gasteiger partial charge in [0.2, 0.25) is 0 Å². The Bertz CT molecular complexity index is 995. The van der Waals surface area contributed by atoms with E-state index in [1.807, 2.05) is 42.5 Å². The van der Waals surface area contributed by atoms with E-state index in [1.54, 1.807) is 24.3 Å². The van der Waals surface area contributed by atoms with Crippen LogP contribution in [0.4, 0.5) is 13.2 Å². The highest BCUT2D eigenvalue weighted by Gasteiger charge is 2.30. The molecule has 30 heavy (non-hydrogen) atoms. The molecule has 0 aliphatic rings. The monoisotopic (exact) mass is 411 g/mol. The van der Waals surface area contributed by atoms with Gasteiger partial charge in [-0.1, -0.05) is 66.7 Å². The minimum atomic E-state index is -4.43. The number of halogens is 3. The number of aliphatic hydroxyl groups excluding tert-OH is 1. The SMILES string of the molecule is O=C(NCC(O)c1ccc(C(F)(F)F)cc1)c1ccc(/C=C/c2ccccc2)cc1. The van der Waals surface area contributed by atoms with Crippen molar-refractivity contribution < 1.29 is 23.1 Å². The second kappa shape index (κ2) is 9.41. The van der Waals surface area contributed by atoms with Crippen molar-refractivity contribution in [1.82, 2.24) is 5.32 Å². The molecule has 0 saturated carbocycles. The van der Waals surface area contributed by atoms with Crippen LogP contribution in [0.3, 0.4) is 0 Å². The van der Waals surface area contributed by atoms with Crippen molar-refractivity contribution in [3.63, 3.8) is 0 Å². The zero-order chi connectivity index (χ0) is 21.6. The maximum atomic E-state index is 12.6.